The van der Waals surface area contributed by atoms with Gasteiger partial charge in [-0.2, -0.15) is 5.10 Å². The third kappa shape index (κ3) is 5.51. The zero-order valence-electron chi connectivity index (χ0n) is 12.4. The van der Waals surface area contributed by atoms with Gasteiger partial charge >= 0.3 is 0 Å². The van der Waals surface area contributed by atoms with Crippen molar-refractivity contribution in [3.63, 3.8) is 0 Å². The lowest BCUT2D eigenvalue weighted by Crippen LogP contribution is -2.31. The second kappa shape index (κ2) is 7.53. The number of hydrogen-bond donors (Lipinski definition) is 1. The third-order valence-electron chi connectivity index (χ3n) is 2.84. The van der Waals surface area contributed by atoms with Crippen LogP contribution in [0, 0.1) is 0 Å². The Morgan fingerprint density at radius 3 is 2.65 bits per heavy atom. The van der Waals surface area contributed by atoms with E-state index in [1.807, 2.05) is 25.7 Å². The summed E-state index contributed by atoms with van der Waals surface area (Å²) in [6.07, 6.45) is 2.98. The van der Waals surface area contributed by atoms with Crippen molar-refractivity contribution in [2.75, 3.05) is 39.2 Å². The van der Waals surface area contributed by atoms with Gasteiger partial charge in [-0.1, -0.05) is 6.92 Å². The van der Waals surface area contributed by atoms with Gasteiger partial charge in [-0.15, -0.1) is 0 Å². The van der Waals surface area contributed by atoms with Crippen LogP contribution in [0.5, 0.6) is 0 Å². The summed E-state index contributed by atoms with van der Waals surface area (Å²) < 4.78 is 25.9. The first kappa shape index (κ1) is 17.6. The third-order valence-corrected chi connectivity index (χ3v) is 4.39. The van der Waals surface area contributed by atoms with Gasteiger partial charge in [0.1, 0.15) is 9.84 Å². The van der Waals surface area contributed by atoms with Crippen LogP contribution >= 0.6 is 15.9 Å². The molecule has 0 spiro atoms. The Hall–Kier alpha value is -0.440. The zero-order valence-corrected chi connectivity index (χ0v) is 14.8. The van der Waals surface area contributed by atoms with Gasteiger partial charge in [-0.25, -0.2) is 8.42 Å². The molecule has 6 nitrogen and oxygen atoms in total. The van der Waals surface area contributed by atoms with Crippen LogP contribution in [0.3, 0.4) is 0 Å². The van der Waals surface area contributed by atoms with Crippen LogP contribution in [-0.2, 0) is 16.4 Å². The van der Waals surface area contributed by atoms with Gasteiger partial charge in [0.05, 0.1) is 34.7 Å². The number of likely N-dealkylation sites (N-methyl/N-ethyl adjacent to an activating group) is 1. The molecule has 0 fully saturated rings. The molecule has 1 heterocycles. The van der Waals surface area contributed by atoms with Crippen LogP contribution in [-0.4, -0.2) is 62.3 Å². The number of nitrogens with one attached hydrogen (secondary N) is 1. The van der Waals surface area contributed by atoms with Gasteiger partial charge in [-0.05, 0) is 36.6 Å². The average molecular weight is 367 g/mol. The Balaban J connectivity index is 3.02. The lowest BCUT2D eigenvalue weighted by atomic mass is 10.2. The summed E-state index contributed by atoms with van der Waals surface area (Å²) in [5.74, 6) is 0.0626. The van der Waals surface area contributed by atoms with Crippen molar-refractivity contribution >= 4 is 25.8 Å². The van der Waals surface area contributed by atoms with E-state index in [-0.39, 0.29) is 11.8 Å². The molecule has 1 aromatic heterocycles. The van der Waals surface area contributed by atoms with Gasteiger partial charge in [0.25, 0.3) is 0 Å². The topological polar surface area (TPSA) is 67.2 Å². The van der Waals surface area contributed by atoms with Crippen molar-refractivity contribution in [1.82, 2.24) is 20.0 Å². The molecule has 8 heteroatoms. The molecule has 0 aliphatic heterocycles. The molecule has 20 heavy (non-hydrogen) atoms. The number of aromatic nitrogens is 2. The highest BCUT2D eigenvalue weighted by atomic mass is 79.9. The maximum Gasteiger partial charge on any atom is 0.149 e. The minimum Gasteiger partial charge on any atom is -0.308 e. The number of sulfone groups is 1. The van der Waals surface area contributed by atoms with Crippen molar-refractivity contribution in [3.05, 3.63) is 16.4 Å². The molecule has 0 bridgehead atoms. The first-order valence-corrected chi connectivity index (χ1v) is 9.37. The fourth-order valence-electron chi connectivity index (χ4n) is 1.97. The van der Waals surface area contributed by atoms with Crippen LogP contribution in [0.25, 0.3) is 0 Å². The second-order valence-corrected chi connectivity index (χ2v) is 8.15. The smallest absolute Gasteiger partial charge is 0.149 e. The van der Waals surface area contributed by atoms with Gasteiger partial charge in [0.2, 0.25) is 0 Å². The Morgan fingerprint density at radius 2 is 2.15 bits per heavy atom. The molecule has 0 aliphatic rings. The summed E-state index contributed by atoms with van der Waals surface area (Å²) in [7, 11) is 0.922. The molecular formula is C12H23BrN4O2S. The van der Waals surface area contributed by atoms with Crippen LogP contribution < -0.4 is 5.32 Å². The van der Waals surface area contributed by atoms with Gasteiger partial charge in [0, 0.05) is 12.8 Å². The Morgan fingerprint density at radius 1 is 1.50 bits per heavy atom. The van der Waals surface area contributed by atoms with Gasteiger partial charge in [0.15, 0.2) is 0 Å². The normalized spacial score (nSPS) is 13.9. The number of nitrogens with zero attached hydrogens (tertiary/aromatic N) is 3. The Labute approximate surface area is 129 Å². The molecule has 1 aromatic rings. The van der Waals surface area contributed by atoms with E-state index in [2.05, 4.69) is 31.2 Å². The molecular weight excluding hydrogens is 344 g/mol. The van der Waals surface area contributed by atoms with E-state index in [0.717, 1.165) is 23.3 Å². The number of rotatable bonds is 8. The zero-order chi connectivity index (χ0) is 15.3. The first-order valence-electron chi connectivity index (χ1n) is 6.51. The van der Waals surface area contributed by atoms with Crippen LogP contribution in [0.1, 0.15) is 18.7 Å². The minimum atomic E-state index is -3.07. The average Bonchev–Trinajstić information content (AvgIpc) is 2.65. The molecule has 0 aromatic carbocycles. The van der Waals surface area contributed by atoms with E-state index in [0.29, 0.717) is 6.54 Å². The fraction of sp³-hybridized carbons (Fsp3) is 0.750. The predicted octanol–water partition coefficient (Wildman–Crippen LogP) is 0.902. The van der Waals surface area contributed by atoms with E-state index < -0.39 is 9.84 Å². The van der Waals surface area contributed by atoms with Crippen molar-refractivity contribution in [3.8, 4) is 0 Å². The number of hydrogen-bond acceptors (Lipinski definition) is 5. The van der Waals surface area contributed by atoms with E-state index in [1.165, 1.54) is 6.26 Å². The first-order chi connectivity index (χ1) is 9.24. The molecule has 116 valence electrons. The molecule has 1 unspecified atom stereocenters. The second-order valence-electron chi connectivity index (χ2n) is 5.11. The molecule has 1 atom stereocenters. The summed E-state index contributed by atoms with van der Waals surface area (Å²) in [5.41, 5.74) is 0.888. The summed E-state index contributed by atoms with van der Waals surface area (Å²) in [6, 6.07) is -0.256. The summed E-state index contributed by atoms with van der Waals surface area (Å²) >= 11 is 3.47. The lowest BCUT2D eigenvalue weighted by molar-refractivity contribution is 0.364. The summed E-state index contributed by atoms with van der Waals surface area (Å²) in [6.45, 7) is 4.23. The summed E-state index contributed by atoms with van der Waals surface area (Å²) in [4.78, 5) is 2.07. The highest BCUT2D eigenvalue weighted by Crippen LogP contribution is 2.24. The molecule has 0 aliphatic carbocycles. The van der Waals surface area contributed by atoms with Crippen molar-refractivity contribution in [2.45, 2.75) is 19.5 Å². The Bertz CT molecular complexity index is 528. The van der Waals surface area contributed by atoms with Crippen LogP contribution in [0.4, 0.5) is 0 Å². The SMILES string of the molecule is CCNC(CS(C)(=O)=O)c1c(Br)cnn1CCN(C)C. The molecule has 0 amide bonds. The van der Waals surface area contributed by atoms with Crippen LogP contribution in [0.15, 0.2) is 10.7 Å². The standard InChI is InChI=1S/C12H23BrN4O2S/c1-5-14-11(9-20(4,18)19)12-10(13)8-15-17(12)7-6-16(2)3/h8,11,14H,5-7,9H2,1-4H3. The van der Waals surface area contributed by atoms with E-state index in [9.17, 15) is 8.42 Å². The van der Waals surface area contributed by atoms with Crippen LogP contribution in [0.2, 0.25) is 0 Å². The quantitative estimate of drug-likeness (QED) is 0.740. The predicted molar refractivity (Wildman–Crippen MR) is 84.6 cm³/mol. The monoisotopic (exact) mass is 366 g/mol. The van der Waals surface area contributed by atoms with E-state index in [1.54, 1.807) is 6.20 Å². The molecule has 1 rings (SSSR count). The van der Waals surface area contributed by atoms with Crippen molar-refractivity contribution in [2.24, 2.45) is 0 Å². The largest absolute Gasteiger partial charge is 0.308 e. The lowest BCUT2D eigenvalue weighted by Gasteiger charge is -2.20. The van der Waals surface area contributed by atoms with E-state index >= 15 is 0 Å². The maximum atomic E-state index is 11.6. The fourth-order valence-corrected chi connectivity index (χ4v) is 3.43. The number of halogens is 1. The van der Waals surface area contributed by atoms with Gasteiger partial charge < -0.3 is 10.2 Å². The molecule has 0 saturated heterocycles. The van der Waals surface area contributed by atoms with E-state index in [4.69, 9.17) is 0 Å². The summed E-state index contributed by atoms with van der Waals surface area (Å²) in [5, 5.41) is 7.56. The van der Waals surface area contributed by atoms with Crippen molar-refractivity contribution < 1.29 is 8.42 Å². The molecule has 1 N–H and O–H groups in total. The highest BCUT2D eigenvalue weighted by Gasteiger charge is 2.23. The minimum absolute atomic E-state index is 0.0626. The maximum absolute atomic E-state index is 11.6. The molecule has 0 radical (unpaired) electrons. The highest BCUT2D eigenvalue weighted by molar-refractivity contribution is 9.10. The van der Waals surface area contributed by atoms with Gasteiger partial charge in [-0.3, -0.25) is 4.68 Å². The van der Waals surface area contributed by atoms with Crippen molar-refractivity contribution in [1.29, 1.82) is 0 Å². The Kier molecular flexibility index (Phi) is 6.63. The molecule has 0 saturated carbocycles.